The summed E-state index contributed by atoms with van der Waals surface area (Å²) in [4.78, 5) is 0. The van der Waals surface area contributed by atoms with Crippen molar-refractivity contribution < 1.29 is 0 Å². The summed E-state index contributed by atoms with van der Waals surface area (Å²) in [6.45, 7) is 4.95. The molecule has 0 fully saturated rings. The molecule has 0 atom stereocenters. The van der Waals surface area contributed by atoms with Crippen LogP contribution in [0.2, 0.25) is 13.1 Å². The molecular formula is C44H34N2Si. The van der Waals surface area contributed by atoms with Gasteiger partial charge in [-0.05, 0) is 53.2 Å². The summed E-state index contributed by atoms with van der Waals surface area (Å²) in [6, 6.07) is 62.3. The predicted octanol–water partition coefficient (Wildman–Crippen LogP) is 10.4. The molecule has 7 aromatic carbocycles. The van der Waals surface area contributed by atoms with E-state index in [1.807, 2.05) is 0 Å². The standard InChI is InChI=1S/C44H34N2Si/c1-47(2,32-19-7-4-8-20-32)42-28-16-12-22-34(42)33-21-9-13-25-37(33)46-39-27-15-11-24-36(39)44-41(46)30-29-40-43(44)35-23-10-14-26-38(35)45(40)31-17-5-3-6-18-31/h3-30H,1-2H3. The van der Waals surface area contributed by atoms with E-state index >= 15 is 0 Å². The lowest BCUT2D eigenvalue weighted by Crippen LogP contribution is -2.53. The summed E-state index contributed by atoms with van der Waals surface area (Å²) in [5.74, 6) is 0. The van der Waals surface area contributed by atoms with Crippen LogP contribution in [-0.4, -0.2) is 17.2 Å². The molecule has 9 rings (SSSR count). The van der Waals surface area contributed by atoms with Gasteiger partial charge in [-0.1, -0.05) is 146 Å². The smallest absolute Gasteiger partial charge is 0.113 e. The average molecular weight is 619 g/mol. The van der Waals surface area contributed by atoms with Crippen molar-refractivity contribution in [3.05, 3.63) is 170 Å². The lowest BCUT2D eigenvalue weighted by atomic mass is 10.0. The summed E-state index contributed by atoms with van der Waals surface area (Å²) >= 11 is 0. The second-order valence-corrected chi connectivity index (χ2v) is 17.3. The molecule has 3 heteroatoms. The normalized spacial score (nSPS) is 12.0. The Hall–Kier alpha value is -5.64. The van der Waals surface area contributed by atoms with Gasteiger partial charge in [-0.2, -0.15) is 0 Å². The van der Waals surface area contributed by atoms with Crippen LogP contribution in [0.25, 0.3) is 66.1 Å². The van der Waals surface area contributed by atoms with Crippen molar-refractivity contribution in [1.29, 1.82) is 0 Å². The maximum atomic E-state index is 2.50. The van der Waals surface area contributed by atoms with Crippen LogP contribution >= 0.6 is 0 Å². The molecule has 0 spiro atoms. The van der Waals surface area contributed by atoms with Crippen LogP contribution in [0.4, 0.5) is 0 Å². The van der Waals surface area contributed by atoms with Gasteiger partial charge in [0.25, 0.3) is 0 Å². The third kappa shape index (κ3) is 4.17. The Balaban J connectivity index is 1.37. The second kappa shape index (κ2) is 10.7. The maximum absolute atomic E-state index is 2.50. The quantitative estimate of drug-likeness (QED) is 0.170. The fourth-order valence-electron chi connectivity index (χ4n) is 7.80. The minimum absolute atomic E-state index is 1.17. The summed E-state index contributed by atoms with van der Waals surface area (Å²) in [5, 5.41) is 8.03. The van der Waals surface area contributed by atoms with Gasteiger partial charge in [0.05, 0.1) is 27.8 Å². The number of para-hydroxylation sites is 4. The lowest BCUT2D eigenvalue weighted by Gasteiger charge is -2.27. The maximum Gasteiger partial charge on any atom is 0.113 e. The Labute approximate surface area is 275 Å². The highest BCUT2D eigenvalue weighted by atomic mass is 28.3. The summed E-state index contributed by atoms with van der Waals surface area (Å²) < 4.78 is 4.92. The van der Waals surface area contributed by atoms with Crippen molar-refractivity contribution in [3.63, 3.8) is 0 Å². The molecule has 2 heterocycles. The molecule has 47 heavy (non-hydrogen) atoms. The molecule has 0 saturated carbocycles. The first kappa shape index (κ1) is 27.6. The Bertz CT molecular complexity index is 2590. The van der Waals surface area contributed by atoms with E-state index in [-0.39, 0.29) is 0 Å². The van der Waals surface area contributed by atoms with Gasteiger partial charge in [0.15, 0.2) is 0 Å². The van der Waals surface area contributed by atoms with E-state index < -0.39 is 8.07 Å². The predicted molar refractivity (Wildman–Crippen MR) is 204 cm³/mol. The second-order valence-electron chi connectivity index (χ2n) is 12.9. The Morgan fingerprint density at radius 1 is 0.383 bits per heavy atom. The Kier molecular flexibility index (Phi) is 6.31. The Morgan fingerprint density at radius 3 is 1.55 bits per heavy atom. The molecule has 224 valence electrons. The van der Waals surface area contributed by atoms with Gasteiger partial charge in [0, 0.05) is 32.8 Å². The van der Waals surface area contributed by atoms with Crippen LogP contribution in [0.3, 0.4) is 0 Å². The largest absolute Gasteiger partial charge is 0.309 e. The zero-order valence-corrected chi connectivity index (χ0v) is 27.6. The highest BCUT2D eigenvalue weighted by Gasteiger charge is 2.29. The van der Waals surface area contributed by atoms with Crippen molar-refractivity contribution in [2.24, 2.45) is 0 Å². The fraction of sp³-hybridized carbons (Fsp3) is 0.0455. The van der Waals surface area contributed by atoms with Crippen molar-refractivity contribution >= 4 is 62.1 Å². The van der Waals surface area contributed by atoms with Crippen LogP contribution in [0.1, 0.15) is 0 Å². The number of rotatable bonds is 5. The third-order valence-corrected chi connectivity index (χ3v) is 13.6. The summed E-state index contributed by atoms with van der Waals surface area (Å²) in [7, 11) is -2.01. The van der Waals surface area contributed by atoms with Gasteiger partial charge in [-0.3, -0.25) is 0 Å². The van der Waals surface area contributed by atoms with Crippen LogP contribution in [-0.2, 0) is 0 Å². The number of fused-ring (bicyclic) bond motifs is 7. The van der Waals surface area contributed by atoms with Crippen molar-refractivity contribution in [1.82, 2.24) is 9.13 Å². The van der Waals surface area contributed by atoms with Crippen LogP contribution in [0.5, 0.6) is 0 Å². The van der Waals surface area contributed by atoms with Gasteiger partial charge < -0.3 is 9.13 Å². The van der Waals surface area contributed by atoms with Gasteiger partial charge in [-0.25, -0.2) is 0 Å². The van der Waals surface area contributed by atoms with Crippen molar-refractivity contribution in [2.75, 3.05) is 0 Å². The van der Waals surface area contributed by atoms with Crippen LogP contribution in [0, 0.1) is 0 Å². The first-order valence-electron chi connectivity index (χ1n) is 16.4. The average Bonchev–Trinajstić information content (AvgIpc) is 3.65. The molecule has 2 nitrogen and oxygen atoms in total. The van der Waals surface area contributed by atoms with E-state index in [0.717, 1.165) is 0 Å². The molecule has 0 amide bonds. The van der Waals surface area contributed by atoms with E-state index in [0.29, 0.717) is 0 Å². The van der Waals surface area contributed by atoms with Gasteiger partial charge >= 0.3 is 0 Å². The summed E-state index contributed by atoms with van der Waals surface area (Å²) in [5.41, 5.74) is 9.84. The van der Waals surface area contributed by atoms with Gasteiger partial charge in [0.2, 0.25) is 0 Å². The fourth-order valence-corrected chi connectivity index (χ4v) is 10.5. The van der Waals surface area contributed by atoms with Crippen molar-refractivity contribution in [2.45, 2.75) is 13.1 Å². The molecule has 0 saturated heterocycles. The first-order valence-corrected chi connectivity index (χ1v) is 19.4. The number of aromatic nitrogens is 2. The molecule has 0 N–H and O–H groups in total. The highest BCUT2D eigenvalue weighted by Crippen LogP contribution is 2.43. The van der Waals surface area contributed by atoms with Crippen LogP contribution < -0.4 is 10.4 Å². The number of hydrogen-bond acceptors (Lipinski definition) is 0. The number of hydrogen-bond donors (Lipinski definition) is 0. The monoisotopic (exact) mass is 618 g/mol. The zero-order valence-electron chi connectivity index (χ0n) is 26.6. The Morgan fingerprint density at radius 2 is 0.872 bits per heavy atom. The number of nitrogens with zero attached hydrogens (tertiary/aromatic N) is 2. The van der Waals surface area contributed by atoms with E-state index in [1.54, 1.807) is 0 Å². The molecule has 0 aliphatic heterocycles. The zero-order chi connectivity index (χ0) is 31.5. The van der Waals surface area contributed by atoms with E-state index in [2.05, 4.69) is 192 Å². The van der Waals surface area contributed by atoms with E-state index in [4.69, 9.17) is 0 Å². The topological polar surface area (TPSA) is 9.86 Å². The molecular weight excluding hydrogens is 585 g/mol. The van der Waals surface area contributed by atoms with Crippen molar-refractivity contribution in [3.8, 4) is 22.5 Å². The summed E-state index contributed by atoms with van der Waals surface area (Å²) in [6.07, 6.45) is 0. The highest BCUT2D eigenvalue weighted by molar-refractivity contribution is 7.01. The molecule has 0 radical (unpaired) electrons. The lowest BCUT2D eigenvalue weighted by molar-refractivity contribution is 1.17. The van der Waals surface area contributed by atoms with Crippen LogP contribution in [0.15, 0.2) is 170 Å². The third-order valence-electron chi connectivity index (χ3n) is 10.0. The molecule has 0 aliphatic rings. The first-order chi connectivity index (χ1) is 23.1. The minimum Gasteiger partial charge on any atom is -0.309 e. The molecule has 9 aromatic rings. The minimum atomic E-state index is -2.01. The van der Waals surface area contributed by atoms with Gasteiger partial charge in [-0.15, -0.1) is 0 Å². The SMILES string of the molecule is C[Si](C)(c1ccccc1)c1ccccc1-c1ccccc1-n1c2ccccc2c2c3c4ccccc4n(-c4ccccc4)c3ccc21. The molecule has 0 unspecified atom stereocenters. The van der Waals surface area contributed by atoms with E-state index in [1.165, 1.54) is 76.5 Å². The molecule has 0 aliphatic carbocycles. The number of benzene rings is 7. The van der Waals surface area contributed by atoms with Gasteiger partial charge in [0.1, 0.15) is 8.07 Å². The molecule has 2 aromatic heterocycles. The van der Waals surface area contributed by atoms with E-state index in [9.17, 15) is 0 Å². The molecule has 0 bridgehead atoms.